The number of ether oxygens (including phenoxy) is 3. The molecule has 7 nitrogen and oxygen atoms in total. The van der Waals surface area contributed by atoms with Gasteiger partial charge in [-0.15, -0.1) is 0 Å². The summed E-state index contributed by atoms with van der Waals surface area (Å²) in [5, 5.41) is 0.524. The minimum absolute atomic E-state index is 0.180. The summed E-state index contributed by atoms with van der Waals surface area (Å²) in [7, 11) is 0. The van der Waals surface area contributed by atoms with Crippen LogP contribution in [0.4, 0.5) is 0 Å². The molecule has 0 saturated heterocycles. The van der Waals surface area contributed by atoms with Crippen LogP contribution < -0.4 is 24.4 Å². The van der Waals surface area contributed by atoms with Crippen LogP contribution in [-0.2, 0) is 9.53 Å². The fourth-order valence-corrected chi connectivity index (χ4v) is 5.90. The van der Waals surface area contributed by atoms with Crippen molar-refractivity contribution in [1.29, 1.82) is 0 Å². The van der Waals surface area contributed by atoms with Crippen LogP contribution in [0.5, 0.6) is 11.5 Å². The molecule has 0 radical (unpaired) electrons. The largest absolute Gasteiger partial charge is 0.494 e. The normalized spacial score (nSPS) is 14.8. The molecule has 9 heteroatoms. The third-order valence-electron chi connectivity index (χ3n) is 6.44. The Kier molecular flexibility index (Phi) is 8.71. The summed E-state index contributed by atoms with van der Waals surface area (Å²) < 4.78 is 18.9. The van der Waals surface area contributed by atoms with Gasteiger partial charge in [-0.25, -0.2) is 9.79 Å². The maximum Gasteiger partial charge on any atom is 0.338 e. The molecule has 0 aliphatic carbocycles. The summed E-state index contributed by atoms with van der Waals surface area (Å²) in [6.45, 7) is 6.73. The monoisotopic (exact) mass is 588 g/mol. The predicted molar refractivity (Wildman–Crippen MR) is 161 cm³/mol. The van der Waals surface area contributed by atoms with Gasteiger partial charge in [-0.1, -0.05) is 65.4 Å². The topological polar surface area (TPSA) is 79.1 Å². The second kappa shape index (κ2) is 12.6. The standard InChI is InChI=1S/C32H29ClN2O5S/c1-4-38-24-15-12-21(13-16-24)29-27(31(37)40-6-3)28(20-10-8-7-9-11-20)34-32-35(29)30(36)26(41-32)19-22-18-23(33)14-17-25(22)39-5-2/h7-19,29H,4-6H2,1-3H3/b26-19-/t29-/m0/s1. The SMILES string of the molecule is CCOC(=O)C1=C(c2ccccc2)N=c2s/c(=C\c3cc(Cl)ccc3OCC)c(=O)n2[C@H]1c1ccc(OCC)cc1. The molecule has 0 fully saturated rings. The molecule has 0 saturated carbocycles. The van der Waals surface area contributed by atoms with Gasteiger partial charge in [0.1, 0.15) is 11.5 Å². The summed E-state index contributed by atoms with van der Waals surface area (Å²) in [5.74, 6) is 0.776. The third kappa shape index (κ3) is 5.85. The number of thiazole rings is 1. The Labute approximate surface area is 246 Å². The lowest BCUT2D eigenvalue weighted by Crippen LogP contribution is -2.40. The third-order valence-corrected chi connectivity index (χ3v) is 7.66. The molecule has 0 N–H and O–H groups in total. The van der Waals surface area contributed by atoms with Crippen LogP contribution in [0.15, 0.2) is 88.2 Å². The first-order valence-electron chi connectivity index (χ1n) is 13.4. The lowest BCUT2D eigenvalue weighted by atomic mass is 9.93. The molecular formula is C32H29ClN2O5S. The Morgan fingerprint density at radius 2 is 1.71 bits per heavy atom. The van der Waals surface area contributed by atoms with E-state index in [2.05, 4.69) is 0 Å². The van der Waals surface area contributed by atoms with Crippen molar-refractivity contribution in [1.82, 2.24) is 4.57 Å². The zero-order valence-corrected chi connectivity index (χ0v) is 24.5. The van der Waals surface area contributed by atoms with Crippen LogP contribution in [-0.4, -0.2) is 30.4 Å². The first-order chi connectivity index (χ1) is 19.9. The highest BCUT2D eigenvalue weighted by molar-refractivity contribution is 7.07. The van der Waals surface area contributed by atoms with Gasteiger partial charge in [0.15, 0.2) is 4.80 Å². The molecule has 0 amide bonds. The van der Waals surface area contributed by atoms with Gasteiger partial charge in [-0.3, -0.25) is 9.36 Å². The zero-order valence-electron chi connectivity index (χ0n) is 22.9. The Hall–Kier alpha value is -4.14. The fraction of sp³-hybridized carbons (Fsp3) is 0.219. The molecule has 5 rings (SSSR count). The van der Waals surface area contributed by atoms with Crippen molar-refractivity contribution in [3.05, 3.63) is 120 Å². The van der Waals surface area contributed by atoms with Crippen molar-refractivity contribution in [2.45, 2.75) is 26.8 Å². The summed E-state index contributed by atoms with van der Waals surface area (Å²) in [6.07, 6.45) is 1.76. The number of fused-ring (bicyclic) bond motifs is 1. The summed E-state index contributed by atoms with van der Waals surface area (Å²) >= 11 is 7.53. The van der Waals surface area contributed by atoms with Crippen molar-refractivity contribution in [2.24, 2.45) is 4.99 Å². The highest BCUT2D eigenvalue weighted by Gasteiger charge is 2.35. The molecule has 0 bridgehead atoms. The molecule has 210 valence electrons. The number of rotatable bonds is 9. The van der Waals surface area contributed by atoms with Crippen LogP contribution in [0.2, 0.25) is 5.02 Å². The molecule has 1 atom stereocenters. The van der Waals surface area contributed by atoms with E-state index in [-0.39, 0.29) is 12.2 Å². The molecule has 4 aromatic rings. The molecule has 0 unspecified atom stereocenters. The highest BCUT2D eigenvalue weighted by atomic mass is 35.5. The molecule has 41 heavy (non-hydrogen) atoms. The first-order valence-corrected chi connectivity index (χ1v) is 14.6. The van der Waals surface area contributed by atoms with E-state index < -0.39 is 12.0 Å². The molecule has 3 aromatic carbocycles. The minimum Gasteiger partial charge on any atom is -0.494 e. The maximum atomic E-state index is 14.1. The highest BCUT2D eigenvalue weighted by Crippen LogP contribution is 2.35. The van der Waals surface area contributed by atoms with Gasteiger partial charge < -0.3 is 14.2 Å². The van der Waals surface area contributed by atoms with Crippen molar-refractivity contribution in [3.63, 3.8) is 0 Å². The van der Waals surface area contributed by atoms with Crippen molar-refractivity contribution in [3.8, 4) is 11.5 Å². The Balaban J connectivity index is 1.80. The Morgan fingerprint density at radius 1 is 0.976 bits per heavy atom. The number of hydrogen-bond acceptors (Lipinski definition) is 7. The molecular weight excluding hydrogens is 560 g/mol. The van der Waals surface area contributed by atoms with Gasteiger partial charge in [0.05, 0.1) is 41.7 Å². The average Bonchev–Trinajstić information content (AvgIpc) is 3.29. The van der Waals surface area contributed by atoms with Crippen molar-refractivity contribution >= 4 is 40.7 Å². The van der Waals surface area contributed by atoms with E-state index in [9.17, 15) is 9.59 Å². The predicted octanol–water partition coefficient (Wildman–Crippen LogP) is 5.39. The number of hydrogen-bond donors (Lipinski definition) is 0. The van der Waals surface area contributed by atoms with Crippen molar-refractivity contribution in [2.75, 3.05) is 19.8 Å². The van der Waals surface area contributed by atoms with Gasteiger partial charge in [0.2, 0.25) is 0 Å². The molecule has 1 aliphatic heterocycles. The van der Waals surface area contributed by atoms with E-state index >= 15 is 0 Å². The number of halogens is 1. The smallest absolute Gasteiger partial charge is 0.338 e. The van der Waals surface area contributed by atoms with Crippen LogP contribution >= 0.6 is 22.9 Å². The number of esters is 1. The van der Waals surface area contributed by atoms with Crippen molar-refractivity contribution < 1.29 is 19.0 Å². The number of aromatic nitrogens is 1. The Morgan fingerprint density at radius 3 is 2.39 bits per heavy atom. The molecule has 1 aliphatic rings. The van der Waals surface area contributed by atoms with Gasteiger partial charge in [0.25, 0.3) is 5.56 Å². The van der Waals surface area contributed by atoms with E-state index in [1.807, 2.05) is 68.4 Å². The van der Waals surface area contributed by atoms with E-state index in [1.54, 1.807) is 35.8 Å². The van der Waals surface area contributed by atoms with Crippen LogP contribution in [0.1, 0.15) is 43.5 Å². The van der Waals surface area contributed by atoms with Gasteiger partial charge >= 0.3 is 5.97 Å². The van der Waals surface area contributed by atoms with E-state index in [0.717, 1.165) is 11.1 Å². The second-order valence-corrected chi connectivity index (χ2v) is 10.5. The number of carbonyl (C=O) groups excluding carboxylic acids is 1. The number of carbonyl (C=O) groups is 1. The summed E-state index contributed by atoms with van der Waals surface area (Å²) in [5.41, 5.74) is 2.62. The second-order valence-electron chi connectivity index (χ2n) is 9.05. The molecule has 0 spiro atoms. The minimum atomic E-state index is -0.774. The van der Waals surface area contributed by atoms with Gasteiger partial charge in [0, 0.05) is 16.1 Å². The number of nitrogens with zero attached hydrogens (tertiary/aromatic N) is 2. The van der Waals surface area contributed by atoms with Crippen LogP contribution in [0.25, 0.3) is 11.8 Å². The van der Waals surface area contributed by atoms with Crippen LogP contribution in [0, 0.1) is 0 Å². The quantitative estimate of drug-likeness (QED) is 0.245. The molecule has 2 heterocycles. The number of benzene rings is 3. The lowest BCUT2D eigenvalue weighted by molar-refractivity contribution is -0.138. The molecule has 1 aromatic heterocycles. The Bertz CT molecular complexity index is 1780. The zero-order chi connectivity index (χ0) is 28.9. The van der Waals surface area contributed by atoms with Gasteiger partial charge in [-0.05, 0) is 62.7 Å². The van der Waals surface area contributed by atoms with E-state index in [0.29, 0.717) is 55.9 Å². The average molecular weight is 589 g/mol. The van der Waals surface area contributed by atoms with E-state index in [4.69, 9.17) is 30.8 Å². The maximum absolute atomic E-state index is 14.1. The van der Waals surface area contributed by atoms with E-state index in [1.165, 1.54) is 11.3 Å². The fourth-order valence-electron chi connectivity index (χ4n) is 4.73. The lowest BCUT2D eigenvalue weighted by Gasteiger charge is -2.26. The summed E-state index contributed by atoms with van der Waals surface area (Å²) in [4.78, 5) is 33.0. The van der Waals surface area contributed by atoms with Crippen LogP contribution in [0.3, 0.4) is 0 Å². The summed E-state index contributed by atoms with van der Waals surface area (Å²) in [6, 6.07) is 21.4. The van der Waals surface area contributed by atoms with Gasteiger partial charge in [-0.2, -0.15) is 0 Å². The first kappa shape index (κ1) is 28.4.